The van der Waals surface area contributed by atoms with Gasteiger partial charge in [-0.25, -0.2) is 0 Å². The van der Waals surface area contributed by atoms with Crippen molar-refractivity contribution in [3.63, 3.8) is 0 Å². The molecule has 1 atom stereocenters. The second-order valence-corrected chi connectivity index (χ2v) is 4.82. The van der Waals surface area contributed by atoms with E-state index in [-0.39, 0.29) is 13.2 Å². The molecule has 4 nitrogen and oxygen atoms in total. The highest BCUT2D eigenvalue weighted by molar-refractivity contribution is 6.37. The highest BCUT2D eigenvalue weighted by Gasteiger charge is 2.12. The quantitative estimate of drug-likeness (QED) is 0.803. The molecule has 1 rings (SSSR count). The second-order valence-electron chi connectivity index (χ2n) is 4.00. The molecule has 1 aromatic carbocycles. The minimum atomic E-state index is -0.672. The van der Waals surface area contributed by atoms with Crippen LogP contribution in [0.4, 0.5) is 0 Å². The van der Waals surface area contributed by atoms with Crippen LogP contribution in [0.1, 0.15) is 0 Å². The molecular weight excluding hydrogens is 277 g/mol. The summed E-state index contributed by atoms with van der Waals surface area (Å²) in [6.45, 7) is 1.06. The van der Waals surface area contributed by atoms with Gasteiger partial charge in [-0.2, -0.15) is 0 Å². The van der Waals surface area contributed by atoms with Gasteiger partial charge in [-0.3, -0.25) is 0 Å². The molecule has 0 heterocycles. The number of aliphatic hydroxyl groups is 2. The lowest BCUT2D eigenvalue weighted by Gasteiger charge is -2.20. The molecule has 0 saturated carbocycles. The molecule has 0 aliphatic carbocycles. The zero-order valence-electron chi connectivity index (χ0n) is 10.1. The van der Waals surface area contributed by atoms with E-state index in [2.05, 4.69) is 0 Å². The Bertz CT molecular complexity index is 356. The SMILES string of the molecule is CN(CCO)CC(O)COc1c(Cl)cccc1Cl. The monoisotopic (exact) mass is 293 g/mol. The third-order valence-electron chi connectivity index (χ3n) is 2.34. The maximum Gasteiger partial charge on any atom is 0.156 e. The summed E-state index contributed by atoms with van der Waals surface area (Å²) in [4.78, 5) is 1.81. The smallest absolute Gasteiger partial charge is 0.156 e. The minimum absolute atomic E-state index is 0.0560. The number of hydrogen-bond acceptors (Lipinski definition) is 4. The summed E-state index contributed by atoms with van der Waals surface area (Å²) in [5.74, 6) is 0.379. The maximum absolute atomic E-state index is 9.75. The standard InChI is InChI=1S/C12H17Cl2NO3/c1-15(5-6-16)7-9(17)8-18-12-10(13)3-2-4-11(12)14/h2-4,9,16-17H,5-8H2,1H3. The van der Waals surface area contributed by atoms with Gasteiger partial charge in [0.25, 0.3) is 0 Å². The Morgan fingerprint density at radius 2 is 1.94 bits per heavy atom. The highest BCUT2D eigenvalue weighted by atomic mass is 35.5. The Morgan fingerprint density at radius 3 is 2.50 bits per heavy atom. The topological polar surface area (TPSA) is 52.9 Å². The van der Waals surface area contributed by atoms with E-state index in [1.54, 1.807) is 18.2 Å². The van der Waals surface area contributed by atoms with Crippen LogP contribution in [0.15, 0.2) is 18.2 Å². The van der Waals surface area contributed by atoms with Crippen LogP contribution >= 0.6 is 23.2 Å². The van der Waals surface area contributed by atoms with Crippen LogP contribution in [-0.4, -0.2) is 54.6 Å². The number of para-hydroxylation sites is 1. The molecule has 6 heteroatoms. The van der Waals surface area contributed by atoms with Crippen molar-refractivity contribution in [2.45, 2.75) is 6.10 Å². The van der Waals surface area contributed by atoms with Gasteiger partial charge < -0.3 is 19.8 Å². The summed E-state index contributed by atoms with van der Waals surface area (Å²) in [5, 5.41) is 19.3. The largest absolute Gasteiger partial charge is 0.488 e. The molecule has 0 radical (unpaired) electrons. The van der Waals surface area contributed by atoms with Crippen LogP contribution in [0, 0.1) is 0 Å². The molecule has 0 spiro atoms. The molecule has 2 N–H and O–H groups in total. The summed E-state index contributed by atoms with van der Waals surface area (Å²) in [6.07, 6.45) is -0.672. The molecular formula is C12H17Cl2NO3. The third-order valence-corrected chi connectivity index (χ3v) is 2.94. The molecule has 0 amide bonds. The van der Waals surface area contributed by atoms with Crippen molar-refractivity contribution in [1.29, 1.82) is 0 Å². The molecule has 18 heavy (non-hydrogen) atoms. The van der Waals surface area contributed by atoms with Crippen LogP contribution in [0.2, 0.25) is 10.0 Å². The van der Waals surface area contributed by atoms with Crippen molar-refractivity contribution in [2.75, 3.05) is 33.4 Å². The van der Waals surface area contributed by atoms with Crippen LogP contribution in [0.25, 0.3) is 0 Å². The fourth-order valence-corrected chi connectivity index (χ4v) is 1.98. The van der Waals surface area contributed by atoms with Crippen molar-refractivity contribution in [1.82, 2.24) is 4.90 Å². The molecule has 0 aliphatic rings. The van der Waals surface area contributed by atoms with Gasteiger partial charge >= 0.3 is 0 Å². The fraction of sp³-hybridized carbons (Fsp3) is 0.500. The summed E-state index contributed by atoms with van der Waals surface area (Å²) < 4.78 is 5.41. The van der Waals surface area contributed by atoms with Gasteiger partial charge in [0.05, 0.1) is 16.7 Å². The lowest BCUT2D eigenvalue weighted by atomic mass is 10.3. The van der Waals surface area contributed by atoms with Crippen LogP contribution in [0.5, 0.6) is 5.75 Å². The van der Waals surface area contributed by atoms with E-state index < -0.39 is 6.10 Å². The lowest BCUT2D eigenvalue weighted by Crippen LogP contribution is -2.34. The Morgan fingerprint density at radius 1 is 1.33 bits per heavy atom. The number of aliphatic hydroxyl groups excluding tert-OH is 2. The van der Waals surface area contributed by atoms with Gasteiger partial charge in [0.15, 0.2) is 5.75 Å². The predicted molar refractivity (Wildman–Crippen MR) is 72.5 cm³/mol. The average Bonchev–Trinajstić information content (AvgIpc) is 2.28. The molecule has 102 valence electrons. The minimum Gasteiger partial charge on any atom is -0.488 e. The first kappa shape index (κ1) is 15.5. The van der Waals surface area contributed by atoms with E-state index in [1.165, 1.54) is 0 Å². The zero-order chi connectivity index (χ0) is 13.5. The predicted octanol–water partition coefficient (Wildman–Crippen LogP) is 1.66. The summed E-state index contributed by atoms with van der Waals surface area (Å²) in [7, 11) is 1.81. The number of likely N-dealkylation sites (N-methyl/N-ethyl adjacent to an activating group) is 1. The van der Waals surface area contributed by atoms with Gasteiger partial charge in [0.2, 0.25) is 0 Å². The molecule has 1 aromatic rings. The molecule has 0 aromatic heterocycles. The van der Waals surface area contributed by atoms with E-state index in [0.717, 1.165) is 0 Å². The van der Waals surface area contributed by atoms with Crippen molar-refractivity contribution < 1.29 is 14.9 Å². The Kier molecular flexibility index (Phi) is 6.75. The van der Waals surface area contributed by atoms with E-state index in [0.29, 0.717) is 28.9 Å². The Hall–Kier alpha value is -0.520. The van der Waals surface area contributed by atoms with Crippen molar-refractivity contribution in [2.24, 2.45) is 0 Å². The van der Waals surface area contributed by atoms with E-state index in [1.807, 2.05) is 11.9 Å². The van der Waals surface area contributed by atoms with Gasteiger partial charge in [0.1, 0.15) is 12.7 Å². The van der Waals surface area contributed by atoms with Crippen LogP contribution in [-0.2, 0) is 0 Å². The molecule has 0 bridgehead atoms. The molecule has 0 fully saturated rings. The number of hydrogen-bond donors (Lipinski definition) is 2. The van der Waals surface area contributed by atoms with E-state index >= 15 is 0 Å². The second kappa shape index (κ2) is 7.81. The first-order valence-corrected chi connectivity index (χ1v) is 6.34. The van der Waals surface area contributed by atoms with Gasteiger partial charge in [0, 0.05) is 13.1 Å². The lowest BCUT2D eigenvalue weighted by molar-refractivity contribution is 0.0711. The summed E-state index contributed by atoms with van der Waals surface area (Å²) >= 11 is 11.9. The van der Waals surface area contributed by atoms with Gasteiger partial charge in [-0.05, 0) is 19.2 Å². The van der Waals surface area contributed by atoms with Crippen LogP contribution in [0.3, 0.4) is 0 Å². The van der Waals surface area contributed by atoms with Crippen molar-refractivity contribution in [3.05, 3.63) is 28.2 Å². The zero-order valence-corrected chi connectivity index (χ0v) is 11.7. The van der Waals surface area contributed by atoms with E-state index in [4.69, 9.17) is 33.0 Å². The molecule has 1 unspecified atom stereocenters. The van der Waals surface area contributed by atoms with Gasteiger partial charge in [-0.1, -0.05) is 29.3 Å². The van der Waals surface area contributed by atoms with Crippen molar-refractivity contribution >= 4 is 23.2 Å². The first-order chi connectivity index (χ1) is 8.54. The number of rotatable bonds is 7. The fourth-order valence-electron chi connectivity index (χ4n) is 1.47. The Labute approximate surface area is 117 Å². The third kappa shape index (κ3) is 5.00. The number of benzene rings is 1. The summed E-state index contributed by atoms with van der Waals surface area (Å²) in [6, 6.07) is 5.07. The highest BCUT2D eigenvalue weighted by Crippen LogP contribution is 2.32. The maximum atomic E-state index is 9.75. The average molecular weight is 294 g/mol. The number of nitrogens with zero attached hydrogens (tertiary/aromatic N) is 1. The molecule has 0 aliphatic heterocycles. The number of ether oxygens (including phenoxy) is 1. The Balaban J connectivity index is 2.45. The first-order valence-electron chi connectivity index (χ1n) is 5.59. The normalized spacial score (nSPS) is 12.8. The van der Waals surface area contributed by atoms with Crippen molar-refractivity contribution in [3.8, 4) is 5.75 Å². The number of halogens is 2. The van der Waals surface area contributed by atoms with Crippen LogP contribution < -0.4 is 4.74 Å². The van der Waals surface area contributed by atoms with E-state index in [9.17, 15) is 5.11 Å². The van der Waals surface area contributed by atoms with Gasteiger partial charge in [-0.15, -0.1) is 0 Å². The molecule has 0 saturated heterocycles. The summed E-state index contributed by atoms with van der Waals surface area (Å²) in [5.41, 5.74) is 0.